The van der Waals surface area contributed by atoms with Gasteiger partial charge in [0.15, 0.2) is 0 Å². The maximum Gasteiger partial charge on any atom is 0.136 e. The first-order valence-corrected chi connectivity index (χ1v) is 6.68. The number of hydrogen-bond acceptors (Lipinski definition) is 2. The zero-order valence-corrected chi connectivity index (χ0v) is 11.9. The fourth-order valence-corrected chi connectivity index (χ4v) is 2.16. The normalized spacial score (nSPS) is 12.2. The Bertz CT molecular complexity index is 568. The van der Waals surface area contributed by atoms with Crippen molar-refractivity contribution in [3.63, 3.8) is 0 Å². The van der Waals surface area contributed by atoms with E-state index >= 15 is 0 Å². The van der Waals surface area contributed by atoms with Gasteiger partial charge in [0, 0.05) is 11.6 Å². The van der Waals surface area contributed by atoms with Gasteiger partial charge >= 0.3 is 0 Å². The summed E-state index contributed by atoms with van der Waals surface area (Å²) in [6, 6.07) is 13.8. The van der Waals surface area contributed by atoms with Crippen molar-refractivity contribution < 1.29 is 4.74 Å². The lowest BCUT2D eigenvalue weighted by molar-refractivity contribution is 0.213. The minimum absolute atomic E-state index is 0.137. The van der Waals surface area contributed by atoms with Crippen LogP contribution in [0.25, 0.3) is 0 Å². The highest BCUT2D eigenvalue weighted by atomic mass is 35.5. The molecule has 1 unspecified atom stereocenters. The van der Waals surface area contributed by atoms with Gasteiger partial charge in [-0.3, -0.25) is 0 Å². The third kappa shape index (κ3) is 3.28. The first-order chi connectivity index (χ1) is 9.11. The van der Waals surface area contributed by atoms with Gasteiger partial charge in [0.2, 0.25) is 0 Å². The minimum atomic E-state index is -0.137. The number of aryl methyl sites for hydroxylation is 2. The van der Waals surface area contributed by atoms with Crippen molar-refractivity contribution in [2.45, 2.75) is 20.0 Å². The van der Waals surface area contributed by atoms with Crippen molar-refractivity contribution in [2.24, 2.45) is 5.73 Å². The number of halogens is 1. The smallest absolute Gasteiger partial charge is 0.136 e. The van der Waals surface area contributed by atoms with E-state index in [9.17, 15) is 0 Å². The molecule has 2 N–H and O–H groups in total. The Balaban J connectivity index is 2.24. The topological polar surface area (TPSA) is 35.2 Å². The van der Waals surface area contributed by atoms with E-state index in [4.69, 9.17) is 22.1 Å². The predicted octanol–water partition coefficient (Wildman–Crippen LogP) is 4.04. The SMILES string of the molecule is Cc1cc(OC(CN)c2ccccc2C)ccc1Cl. The average molecular weight is 276 g/mol. The molecule has 0 aliphatic carbocycles. The summed E-state index contributed by atoms with van der Waals surface area (Å²) in [6.45, 7) is 4.46. The summed E-state index contributed by atoms with van der Waals surface area (Å²) in [5.41, 5.74) is 9.14. The van der Waals surface area contributed by atoms with Crippen LogP contribution in [0.1, 0.15) is 22.8 Å². The number of benzene rings is 2. The Morgan fingerprint density at radius 3 is 2.47 bits per heavy atom. The van der Waals surface area contributed by atoms with Gasteiger partial charge in [-0.05, 0) is 48.7 Å². The Morgan fingerprint density at radius 2 is 1.84 bits per heavy atom. The first-order valence-electron chi connectivity index (χ1n) is 6.30. The molecule has 0 bridgehead atoms. The van der Waals surface area contributed by atoms with Crippen molar-refractivity contribution in [1.29, 1.82) is 0 Å². The molecule has 100 valence electrons. The fraction of sp³-hybridized carbons (Fsp3) is 0.250. The molecule has 19 heavy (non-hydrogen) atoms. The van der Waals surface area contributed by atoms with E-state index in [0.29, 0.717) is 6.54 Å². The van der Waals surface area contributed by atoms with Crippen molar-refractivity contribution in [3.8, 4) is 5.75 Å². The van der Waals surface area contributed by atoms with Gasteiger partial charge in [0.1, 0.15) is 11.9 Å². The van der Waals surface area contributed by atoms with Gasteiger partial charge in [-0.2, -0.15) is 0 Å². The second-order valence-electron chi connectivity index (χ2n) is 4.61. The summed E-state index contributed by atoms with van der Waals surface area (Å²) in [5, 5.41) is 0.743. The van der Waals surface area contributed by atoms with E-state index in [2.05, 4.69) is 19.1 Å². The van der Waals surface area contributed by atoms with Crippen molar-refractivity contribution in [3.05, 3.63) is 64.2 Å². The van der Waals surface area contributed by atoms with Crippen LogP contribution in [0, 0.1) is 13.8 Å². The van der Waals surface area contributed by atoms with Crippen LogP contribution in [0.2, 0.25) is 5.02 Å². The summed E-state index contributed by atoms with van der Waals surface area (Å²) in [4.78, 5) is 0. The summed E-state index contributed by atoms with van der Waals surface area (Å²) in [7, 11) is 0. The molecule has 3 heteroatoms. The van der Waals surface area contributed by atoms with E-state index < -0.39 is 0 Å². The molecule has 2 nitrogen and oxygen atoms in total. The molecule has 2 aromatic rings. The van der Waals surface area contributed by atoms with Crippen LogP contribution in [0.3, 0.4) is 0 Å². The monoisotopic (exact) mass is 275 g/mol. The largest absolute Gasteiger partial charge is 0.484 e. The van der Waals surface area contributed by atoms with E-state index in [0.717, 1.165) is 21.9 Å². The zero-order valence-electron chi connectivity index (χ0n) is 11.2. The molecule has 0 spiro atoms. The van der Waals surface area contributed by atoms with E-state index in [-0.39, 0.29) is 6.10 Å². The van der Waals surface area contributed by atoms with Crippen LogP contribution in [-0.2, 0) is 0 Å². The number of nitrogens with two attached hydrogens (primary N) is 1. The van der Waals surface area contributed by atoms with Gasteiger partial charge in [-0.15, -0.1) is 0 Å². The molecular weight excluding hydrogens is 258 g/mol. The standard InChI is InChI=1S/C16H18ClNO/c1-11-5-3-4-6-14(11)16(10-18)19-13-7-8-15(17)12(2)9-13/h3-9,16H,10,18H2,1-2H3. The van der Waals surface area contributed by atoms with E-state index in [1.165, 1.54) is 5.56 Å². The molecule has 0 aliphatic heterocycles. The van der Waals surface area contributed by atoms with Crippen molar-refractivity contribution in [1.82, 2.24) is 0 Å². The summed E-state index contributed by atoms with van der Waals surface area (Å²) >= 11 is 6.01. The van der Waals surface area contributed by atoms with Gasteiger partial charge in [0.25, 0.3) is 0 Å². The van der Waals surface area contributed by atoms with Crippen LogP contribution in [0.4, 0.5) is 0 Å². The minimum Gasteiger partial charge on any atom is -0.484 e. The summed E-state index contributed by atoms with van der Waals surface area (Å²) < 4.78 is 5.98. The first kappa shape index (κ1) is 13.9. The lowest BCUT2D eigenvalue weighted by Crippen LogP contribution is -2.19. The lowest BCUT2D eigenvalue weighted by Gasteiger charge is -2.20. The molecular formula is C16H18ClNO. The Labute approximate surface area is 119 Å². The van der Waals surface area contributed by atoms with Crippen molar-refractivity contribution >= 4 is 11.6 Å². The van der Waals surface area contributed by atoms with Gasteiger partial charge in [-0.1, -0.05) is 35.9 Å². The third-order valence-electron chi connectivity index (χ3n) is 3.16. The average Bonchev–Trinajstić information content (AvgIpc) is 2.41. The molecule has 2 aromatic carbocycles. The lowest BCUT2D eigenvalue weighted by atomic mass is 10.0. The van der Waals surface area contributed by atoms with Gasteiger partial charge < -0.3 is 10.5 Å². The van der Waals surface area contributed by atoms with Gasteiger partial charge in [0.05, 0.1) is 0 Å². The molecule has 0 saturated heterocycles. The molecule has 0 aromatic heterocycles. The third-order valence-corrected chi connectivity index (χ3v) is 3.58. The predicted molar refractivity (Wildman–Crippen MR) is 79.8 cm³/mol. The molecule has 2 rings (SSSR count). The summed E-state index contributed by atoms with van der Waals surface area (Å²) in [6.07, 6.45) is -0.137. The Morgan fingerprint density at radius 1 is 1.11 bits per heavy atom. The quantitative estimate of drug-likeness (QED) is 0.914. The molecule has 1 atom stereocenters. The van der Waals surface area contributed by atoms with E-state index in [1.807, 2.05) is 37.3 Å². The highest BCUT2D eigenvalue weighted by Gasteiger charge is 2.13. The van der Waals surface area contributed by atoms with Crippen LogP contribution >= 0.6 is 11.6 Å². The number of hydrogen-bond donors (Lipinski definition) is 1. The highest BCUT2D eigenvalue weighted by molar-refractivity contribution is 6.31. The number of ether oxygens (including phenoxy) is 1. The second kappa shape index (κ2) is 6.09. The molecule has 0 radical (unpaired) electrons. The molecule has 0 fully saturated rings. The van der Waals surface area contributed by atoms with Crippen LogP contribution in [-0.4, -0.2) is 6.54 Å². The maximum atomic E-state index is 6.01. The Kier molecular flexibility index (Phi) is 4.46. The van der Waals surface area contributed by atoms with Crippen LogP contribution in [0.5, 0.6) is 5.75 Å². The summed E-state index contributed by atoms with van der Waals surface area (Å²) in [5.74, 6) is 0.792. The molecule has 0 aliphatic rings. The Hall–Kier alpha value is -1.51. The van der Waals surface area contributed by atoms with Crippen LogP contribution < -0.4 is 10.5 Å². The van der Waals surface area contributed by atoms with Crippen LogP contribution in [0.15, 0.2) is 42.5 Å². The van der Waals surface area contributed by atoms with E-state index in [1.54, 1.807) is 0 Å². The zero-order chi connectivity index (χ0) is 13.8. The number of rotatable bonds is 4. The molecule has 0 amide bonds. The maximum absolute atomic E-state index is 6.01. The second-order valence-corrected chi connectivity index (χ2v) is 5.02. The van der Waals surface area contributed by atoms with Gasteiger partial charge in [-0.25, -0.2) is 0 Å². The highest BCUT2D eigenvalue weighted by Crippen LogP contribution is 2.26. The molecule has 0 heterocycles. The fourth-order valence-electron chi connectivity index (χ4n) is 2.04. The molecule has 0 saturated carbocycles. The van der Waals surface area contributed by atoms with Crippen molar-refractivity contribution in [2.75, 3.05) is 6.54 Å².